The van der Waals surface area contributed by atoms with Gasteiger partial charge < -0.3 is 21.1 Å². The second kappa shape index (κ2) is 7.33. The van der Waals surface area contributed by atoms with Crippen LogP contribution in [0.25, 0.3) is 0 Å². The molecule has 0 aliphatic carbocycles. The Kier molecular flexibility index (Phi) is 6.08. The predicted molar refractivity (Wildman–Crippen MR) is 72.4 cm³/mol. The molecule has 1 aliphatic heterocycles. The smallest absolute Gasteiger partial charge is 0.312 e. The minimum absolute atomic E-state index is 0.0366. The highest BCUT2D eigenvalue weighted by molar-refractivity contribution is 5.86. The van der Waals surface area contributed by atoms with Crippen LogP contribution in [-0.2, 0) is 4.79 Å². The molecule has 0 bridgehead atoms. The van der Waals surface area contributed by atoms with E-state index in [1.807, 2.05) is 13.8 Å². The maximum Gasteiger partial charge on any atom is 0.312 e. The van der Waals surface area contributed by atoms with Gasteiger partial charge in [-0.15, -0.1) is 0 Å². The van der Waals surface area contributed by atoms with E-state index in [4.69, 9.17) is 5.73 Å². The van der Waals surface area contributed by atoms with Crippen molar-refractivity contribution < 1.29 is 14.7 Å². The van der Waals surface area contributed by atoms with Crippen LogP contribution in [0, 0.1) is 11.8 Å². The van der Waals surface area contributed by atoms with Crippen LogP contribution >= 0.6 is 0 Å². The first-order valence-electron chi connectivity index (χ1n) is 6.95. The zero-order valence-electron chi connectivity index (χ0n) is 11.8. The molecule has 4 N–H and O–H groups in total. The van der Waals surface area contributed by atoms with Crippen LogP contribution < -0.4 is 11.1 Å². The zero-order chi connectivity index (χ0) is 14.4. The number of nitrogens with zero attached hydrogens (tertiary/aromatic N) is 1. The standard InChI is InChI=1S/C13H25N3O3/c1-3-9(2)11(15-13(14)19)12(18)16-6-4-5-10(7-16)8-17/h9-11,17H,3-8H2,1-2H3,(H3,14,15,19). The number of urea groups is 1. The van der Waals surface area contributed by atoms with Gasteiger partial charge in [0.1, 0.15) is 6.04 Å². The molecule has 0 aromatic carbocycles. The molecule has 3 atom stereocenters. The minimum Gasteiger partial charge on any atom is -0.396 e. The molecule has 3 unspecified atom stereocenters. The maximum atomic E-state index is 12.5. The third kappa shape index (κ3) is 4.38. The van der Waals surface area contributed by atoms with Crippen LogP contribution in [0.2, 0.25) is 0 Å². The van der Waals surface area contributed by atoms with E-state index in [1.54, 1.807) is 4.90 Å². The fourth-order valence-electron chi connectivity index (χ4n) is 2.45. The number of rotatable bonds is 5. The lowest BCUT2D eigenvalue weighted by Gasteiger charge is -2.35. The number of aliphatic hydroxyl groups excluding tert-OH is 1. The van der Waals surface area contributed by atoms with Crippen LogP contribution in [0.1, 0.15) is 33.1 Å². The second-order valence-electron chi connectivity index (χ2n) is 5.35. The Morgan fingerprint density at radius 2 is 2.21 bits per heavy atom. The van der Waals surface area contributed by atoms with E-state index in [-0.39, 0.29) is 24.3 Å². The number of amides is 3. The van der Waals surface area contributed by atoms with Crippen LogP contribution in [0.3, 0.4) is 0 Å². The Morgan fingerprint density at radius 3 is 2.74 bits per heavy atom. The lowest BCUT2D eigenvalue weighted by atomic mass is 9.94. The number of hydrogen-bond donors (Lipinski definition) is 3. The molecule has 0 aromatic rings. The van der Waals surface area contributed by atoms with E-state index < -0.39 is 12.1 Å². The summed E-state index contributed by atoms with van der Waals surface area (Å²) >= 11 is 0. The van der Waals surface area contributed by atoms with Crippen molar-refractivity contribution in [2.45, 2.75) is 39.2 Å². The first-order valence-corrected chi connectivity index (χ1v) is 6.95. The van der Waals surface area contributed by atoms with E-state index in [2.05, 4.69) is 5.32 Å². The van der Waals surface area contributed by atoms with Gasteiger partial charge in [0.25, 0.3) is 0 Å². The Balaban J connectivity index is 2.71. The lowest BCUT2D eigenvalue weighted by Crippen LogP contribution is -2.55. The molecule has 0 aromatic heterocycles. The van der Waals surface area contributed by atoms with E-state index in [0.717, 1.165) is 19.3 Å². The molecule has 1 saturated heterocycles. The highest BCUT2D eigenvalue weighted by Crippen LogP contribution is 2.19. The molecule has 1 aliphatic rings. The van der Waals surface area contributed by atoms with Crippen molar-refractivity contribution in [3.8, 4) is 0 Å². The van der Waals surface area contributed by atoms with Gasteiger partial charge in [0, 0.05) is 19.7 Å². The molecule has 1 heterocycles. The largest absolute Gasteiger partial charge is 0.396 e. The number of carbonyl (C=O) groups is 2. The van der Waals surface area contributed by atoms with E-state index in [0.29, 0.717) is 13.1 Å². The topological polar surface area (TPSA) is 95.7 Å². The number of nitrogens with two attached hydrogens (primary N) is 1. The predicted octanol–water partition coefficient (Wildman–Crippen LogP) is 0.300. The average Bonchev–Trinajstić information content (AvgIpc) is 2.43. The maximum absolute atomic E-state index is 12.5. The van der Waals surface area contributed by atoms with Gasteiger partial charge in [-0.3, -0.25) is 4.79 Å². The first kappa shape index (κ1) is 15.8. The summed E-state index contributed by atoms with van der Waals surface area (Å²) < 4.78 is 0. The Hall–Kier alpha value is -1.30. The van der Waals surface area contributed by atoms with Gasteiger partial charge in [0.2, 0.25) is 5.91 Å². The normalized spacial score (nSPS) is 22.7. The third-order valence-electron chi connectivity index (χ3n) is 3.87. The van der Waals surface area contributed by atoms with Crippen LogP contribution in [-0.4, -0.2) is 47.7 Å². The van der Waals surface area contributed by atoms with Gasteiger partial charge in [0.05, 0.1) is 0 Å². The molecular formula is C13H25N3O3. The average molecular weight is 271 g/mol. The third-order valence-corrected chi connectivity index (χ3v) is 3.87. The molecule has 110 valence electrons. The number of likely N-dealkylation sites (tertiary alicyclic amines) is 1. The molecule has 0 saturated carbocycles. The molecular weight excluding hydrogens is 246 g/mol. The van der Waals surface area contributed by atoms with Crippen molar-refractivity contribution in [2.75, 3.05) is 19.7 Å². The molecule has 0 spiro atoms. The SMILES string of the molecule is CCC(C)C(NC(N)=O)C(=O)N1CCCC(CO)C1. The van der Waals surface area contributed by atoms with Crippen molar-refractivity contribution in [1.82, 2.24) is 10.2 Å². The van der Waals surface area contributed by atoms with Crippen LogP contribution in [0.4, 0.5) is 4.79 Å². The van der Waals surface area contributed by atoms with Gasteiger partial charge in [-0.05, 0) is 24.7 Å². The molecule has 3 amide bonds. The second-order valence-corrected chi connectivity index (χ2v) is 5.35. The van der Waals surface area contributed by atoms with Crippen molar-refractivity contribution in [3.63, 3.8) is 0 Å². The molecule has 1 fully saturated rings. The van der Waals surface area contributed by atoms with Gasteiger partial charge in [-0.25, -0.2) is 4.79 Å². The molecule has 6 nitrogen and oxygen atoms in total. The molecule has 0 radical (unpaired) electrons. The van der Waals surface area contributed by atoms with Gasteiger partial charge in [-0.1, -0.05) is 20.3 Å². The summed E-state index contributed by atoms with van der Waals surface area (Å²) in [7, 11) is 0. The monoisotopic (exact) mass is 271 g/mol. The highest BCUT2D eigenvalue weighted by atomic mass is 16.3. The highest BCUT2D eigenvalue weighted by Gasteiger charge is 2.32. The number of nitrogens with one attached hydrogen (secondary N) is 1. The Morgan fingerprint density at radius 1 is 1.53 bits per heavy atom. The molecule has 6 heteroatoms. The van der Waals surface area contributed by atoms with Gasteiger partial charge >= 0.3 is 6.03 Å². The lowest BCUT2D eigenvalue weighted by molar-refractivity contribution is -0.136. The van der Waals surface area contributed by atoms with Crippen molar-refractivity contribution in [1.29, 1.82) is 0 Å². The van der Waals surface area contributed by atoms with Crippen LogP contribution in [0.15, 0.2) is 0 Å². The quantitative estimate of drug-likeness (QED) is 0.671. The summed E-state index contributed by atoms with van der Waals surface area (Å²) in [5, 5.41) is 11.7. The number of aliphatic hydroxyl groups is 1. The van der Waals surface area contributed by atoms with Crippen molar-refractivity contribution >= 4 is 11.9 Å². The fourth-order valence-corrected chi connectivity index (χ4v) is 2.45. The molecule has 19 heavy (non-hydrogen) atoms. The summed E-state index contributed by atoms with van der Waals surface area (Å²) in [6.07, 6.45) is 2.62. The van der Waals surface area contributed by atoms with Crippen molar-refractivity contribution in [3.05, 3.63) is 0 Å². The number of carbonyl (C=O) groups excluding carboxylic acids is 2. The van der Waals surface area contributed by atoms with Crippen molar-refractivity contribution in [2.24, 2.45) is 17.6 Å². The summed E-state index contributed by atoms with van der Waals surface area (Å²) in [5.41, 5.74) is 5.15. The summed E-state index contributed by atoms with van der Waals surface area (Å²) in [5.74, 6) is 0.0877. The summed E-state index contributed by atoms with van der Waals surface area (Å²) in [4.78, 5) is 25.2. The Labute approximate surface area is 114 Å². The summed E-state index contributed by atoms with van der Waals surface area (Å²) in [6, 6.07) is -1.24. The van der Waals surface area contributed by atoms with Crippen LogP contribution in [0.5, 0.6) is 0 Å². The number of hydrogen-bond acceptors (Lipinski definition) is 3. The van der Waals surface area contributed by atoms with E-state index in [9.17, 15) is 14.7 Å². The molecule has 1 rings (SSSR count). The van der Waals surface area contributed by atoms with Gasteiger partial charge in [0.15, 0.2) is 0 Å². The summed E-state index contributed by atoms with van der Waals surface area (Å²) in [6.45, 7) is 5.23. The first-order chi connectivity index (χ1) is 8.99. The Bertz CT molecular complexity index is 322. The number of primary amides is 1. The van der Waals surface area contributed by atoms with E-state index >= 15 is 0 Å². The van der Waals surface area contributed by atoms with E-state index in [1.165, 1.54) is 0 Å². The van der Waals surface area contributed by atoms with Gasteiger partial charge in [-0.2, -0.15) is 0 Å². The zero-order valence-corrected chi connectivity index (χ0v) is 11.8. The minimum atomic E-state index is -0.672. The number of piperidine rings is 1. The fraction of sp³-hybridized carbons (Fsp3) is 0.846.